The smallest absolute Gasteiger partial charge is 0.270 e. The van der Waals surface area contributed by atoms with Crippen molar-refractivity contribution in [3.05, 3.63) is 98.8 Å². The van der Waals surface area contributed by atoms with Gasteiger partial charge in [-0.05, 0) is 29.8 Å². The van der Waals surface area contributed by atoms with Crippen molar-refractivity contribution in [2.45, 2.75) is 13.1 Å². The fourth-order valence-corrected chi connectivity index (χ4v) is 3.29. The third-order valence-corrected chi connectivity index (χ3v) is 4.78. The van der Waals surface area contributed by atoms with E-state index in [1.165, 1.54) is 22.8 Å². The predicted molar refractivity (Wildman–Crippen MR) is 115 cm³/mol. The van der Waals surface area contributed by atoms with Gasteiger partial charge in [0, 0.05) is 37.1 Å². The van der Waals surface area contributed by atoms with E-state index in [0.29, 0.717) is 35.9 Å². The average molecular weight is 417 g/mol. The Balaban J connectivity index is 1.81. The van der Waals surface area contributed by atoms with Gasteiger partial charge in [-0.1, -0.05) is 12.1 Å². The monoisotopic (exact) mass is 417 g/mol. The molecule has 0 aliphatic carbocycles. The van der Waals surface area contributed by atoms with Crippen LogP contribution in [0, 0.1) is 10.1 Å². The van der Waals surface area contributed by atoms with Crippen LogP contribution in [0.5, 0.6) is 5.75 Å². The Kier molecular flexibility index (Phi) is 5.67. The first-order valence-electron chi connectivity index (χ1n) is 9.51. The number of ether oxygens (including phenoxy) is 1. The molecule has 0 aliphatic rings. The van der Waals surface area contributed by atoms with Crippen molar-refractivity contribution >= 4 is 16.6 Å². The minimum atomic E-state index is -0.530. The number of rotatable bonds is 7. The summed E-state index contributed by atoms with van der Waals surface area (Å²) >= 11 is 0. The fourth-order valence-electron chi connectivity index (χ4n) is 3.29. The molecule has 0 saturated heterocycles. The molecule has 0 amide bonds. The highest BCUT2D eigenvalue weighted by Crippen LogP contribution is 2.21. The normalized spacial score (nSPS) is 10.9. The van der Waals surface area contributed by atoms with Gasteiger partial charge in [-0.3, -0.25) is 24.5 Å². The zero-order valence-electron chi connectivity index (χ0n) is 16.7. The van der Waals surface area contributed by atoms with Gasteiger partial charge in [0.15, 0.2) is 0 Å². The lowest BCUT2D eigenvalue weighted by molar-refractivity contribution is -0.384. The summed E-state index contributed by atoms with van der Waals surface area (Å²) < 4.78 is 6.73. The second-order valence-corrected chi connectivity index (χ2v) is 6.79. The maximum atomic E-state index is 13.4. The van der Waals surface area contributed by atoms with Crippen molar-refractivity contribution in [3.63, 3.8) is 0 Å². The summed E-state index contributed by atoms with van der Waals surface area (Å²) in [5.74, 6) is 1.06. The quantitative estimate of drug-likeness (QED) is 0.363. The summed E-state index contributed by atoms with van der Waals surface area (Å²) in [5.41, 5.74) is 1.40. The zero-order valence-corrected chi connectivity index (χ0v) is 16.7. The molecule has 2 aromatic heterocycles. The maximum Gasteiger partial charge on any atom is 0.270 e. The van der Waals surface area contributed by atoms with E-state index in [-0.39, 0.29) is 16.6 Å². The van der Waals surface area contributed by atoms with Gasteiger partial charge in [-0.15, -0.1) is 0 Å². The first kappa shape index (κ1) is 20.2. The number of nitro benzene ring substituents is 1. The highest BCUT2D eigenvalue weighted by molar-refractivity contribution is 5.80. The van der Waals surface area contributed by atoms with E-state index < -0.39 is 4.92 Å². The Labute approximate surface area is 177 Å². The molecule has 4 rings (SSSR count). The van der Waals surface area contributed by atoms with E-state index in [0.717, 1.165) is 5.56 Å². The summed E-state index contributed by atoms with van der Waals surface area (Å²) in [6.45, 7) is 0.842. The summed E-state index contributed by atoms with van der Waals surface area (Å²) in [6, 6.07) is 14.9. The molecule has 31 heavy (non-hydrogen) atoms. The lowest BCUT2D eigenvalue weighted by Gasteiger charge is -2.15. The number of non-ortho nitro benzene ring substituents is 1. The van der Waals surface area contributed by atoms with Crippen LogP contribution >= 0.6 is 0 Å². The summed E-state index contributed by atoms with van der Waals surface area (Å²) in [5, 5.41) is 14.6. The summed E-state index contributed by atoms with van der Waals surface area (Å²) in [6.07, 6.45) is 3.46. The Morgan fingerprint density at radius 3 is 2.74 bits per heavy atom. The van der Waals surface area contributed by atoms with Gasteiger partial charge in [0.1, 0.15) is 11.6 Å². The van der Waals surface area contributed by atoms with Crippen LogP contribution in [0.4, 0.5) is 5.69 Å². The molecular weight excluding hydrogens is 398 g/mol. The lowest BCUT2D eigenvalue weighted by atomic mass is 10.2. The topological polar surface area (TPSA) is 112 Å². The number of fused-ring (bicyclic) bond motifs is 1. The van der Waals surface area contributed by atoms with Crippen LogP contribution in [0.3, 0.4) is 0 Å². The van der Waals surface area contributed by atoms with Gasteiger partial charge in [0.2, 0.25) is 0 Å². The van der Waals surface area contributed by atoms with Gasteiger partial charge in [-0.2, -0.15) is 0 Å². The number of pyridine rings is 1. The van der Waals surface area contributed by atoms with Crippen LogP contribution in [0.15, 0.2) is 71.8 Å². The minimum absolute atomic E-state index is 0.161. The Morgan fingerprint density at radius 1 is 1.13 bits per heavy atom. The highest BCUT2D eigenvalue weighted by Gasteiger charge is 2.16. The number of hydrogen-bond donors (Lipinski definition) is 1. The SMILES string of the molecule is COc1cccc(-n2c(CNCc3cccnc3)nc3ccc([N+](=O)[O-])cc3c2=O)c1. The molecule has 0 radical (unpaired) electrons. The molecule has 0 atom stereocenters. The lowest BCUT2D eigenvalue weighted by Crippen LogP contribution is -2.27. The Morgan fingerprint density at radius 2 is 2.00 bits per heavy atom. The second kappa shape index (κ2) is 8.72. The largest absolute Gasteiger partial charge is 0.497 e. The van der Waals surface area contributed by atoms with Crippen molar-refractivity contribution in [1.82, 2.24) is 19.9 Å². The Hall–Kier alpha value is -4.11. The van der Waals surface area contributed by atoms with Gasteiger partial charge < -0.3 is 10.1 Å². The Bertz CT molecular complexity index is 1300. The van der Waals surface area contributed by atoms with Crippen LogP contribution in [0.25, 0.3) is 16.6 Å². The van der Waals surface area contributed by atoms with E-state index in [1.807, 2.05) is 12.1 Å². The number of nitrogens with one attached hydrogen (secondary N) is 1. The molecule has 4 aromatic rings. The van der Waals surface area contributed by atoms with E-state index in [9.17, 15) is 14.9 Å². The van der Waals surface area contributed by atoms with Crippen molar-refractivity contribution in [2.24, 2.45) is 0 Å². The first-order chi connectivity index (χ1) is 15.1. The second-order valence-electron chi connectivity index (χ2n) is 6.79. The van der Waals surface area contributed by atoms with Gasteiger partial charge in [0.05, 0.1) is 35.2 Å². The molecule has 0 unspecified atom stereocenters. The summed E-state index contributed by atoms with van der Waals surface area (Å²) in [4.78, 5) is 32.7. The van der Waals surface area contributed by atoms with Crippen molar-refractivity contribution in [2.75, 3.05) is 7.11 Å². The molecule has 9 heteroatoms. The average Bonchev–Trinajstić information content (AvgIpc) is 2.79. The predicted octanol–water partition coefficient (Wildman–Crippen LogP) is 2.99. The van der Waals surface area contributed by atoms with Gasteiger partial charge in [-0.25, -0.2) is 4.98 Å². The van der Waals surface area contributed by atoms with Gasteiger partial charge in [0.25, 0.3) is 11.2 Å². The van der Waals surface area contributed by atoms with E-state index >= 15 is 0 Å². The number of hydrogen-bond acceptors (Lipinski definition) is 7. The molecule has 0 saturated carbocycles. The molecule has 0 aliphatic heterocycles. The number of nitrogens with zero attached hydrogens (tertiary/aromatic N) is 4. The first-order valence-corrected chi connectivity index (χ1v) is 9.51. The molecule has 1 N–H and O–H groups in total. The fraction of sp³-hybridized carbons (Fsp3) is 0.136. The molecule has 0 bridgehead atoms. The minimum Gasteiger partial charge on any atom is -0.497 e. The van der Waals surface area contributed by atoms with Gasteiger partial charge >= 0.3 is 0 Å². The van der Waals surface area contributed by atoms with Crippen LogP contribution in [-0.4, -0.2) is 26.6 Å². The van der Waals surface area contributed by atoms with Crippen LogP contribution in [0.1, 0.15) is 11.4 Å². The standard InChI is InChI=1S/C22H19N5O4/c1-31-18-6-2-5-16(10-18)26-21(14-24-13-15-4-3-9-23-12-15)25-20-8-7-17(27(29)30)11-19(20)22(26)28/h2-12,24H,13-14H2,1H3. The maximum absolute atomic E-state index is 13.4. The molecular formula is C22H19N5O4. The molecule has 0 fully saturated rings. The van der Waals surface area contributed by atoms with E-state index in [1.54, 1.807) is 43.8 Å². The number of aromatic nitrogens is 3. The highest BCUT2D eigenvalue weighted by atomic mass is 16.6. The molecule has 2 heterocycles. The van der Waals surface area contributed by atoms with Crippen molar-refractivity contribution < 1.29 is 9.66 Å². The third kappa shape index (κ3) is 4.26. The molecule has 156 valence electrons. The van der Waals surface area contributed by atoms with Crippen LogP contribution in [0.2, 0.25) is 0 Å². The van der Waals surface area contributed by atoms with Crippen LogP contribution < -0.4 is 15.6 Å². The number of methoxy groups -OCH3 is 1. The number of nitro groups is 1. The molecule has 2 aromatic carbocycles. The van der Waals surface area contributed by atoms with E-state index in [2.05, 4.69) is 15.3 Å². The number of benzene rings is 2. The molecule has 9 nitrogen and oxygen atoms in total. The molecule has 0 spiro atoms. The third-order valence-electron chi connectivity index (χ3n) is 4.78. The van der Waals surface area contributed by atoms with Crippen molar-refractivity contribution in [1.29, 1.82) is 0 Å². The zero-order chi connectivity index (χ0) is 21.8. The van der Waals surface area contributed by atoms with Crippen LogP contribution in [-0.2, 0) is 13.1 Å². The van der Waals surface area contributed by atoms with Crippen molar-refractivity contribution in [3.8, 4) is 11.4 Å². The summed E-state index contributed by atoms with van der Waals surface area (Å²) in [7, 11) is 1.54. The van der Waals surface area contributed by atoms with E-state index in [4.69, 9.17) is 4.74 Å².